The molecule has 0 saturated heterocycles. The molecule has 0 amide bonds. The van der Waals surface area contributed by atoms with Gasteiger partial charge in [0, 0.05) is 12.8 Å². The maximum atomic E-state index is 12.7. The Morgan fingerprint density at radius 3 is 1.62 bits per heavy atom. The minimum Gasteiger partial charge on any atom is -0.477 e. The molecule has 1 N–H and O–H groups in total. The SMILES string of the molecule is CCCCC/C=C\C/C=C\CCCCCCCCCC(=O)OC(COC(=O)CCCCCCCCCC)COC(OCC[N+](C)(C)C)C(=O)O. The fourth-order valence-corrected chi connectivity index (χ4v) is 5.28. The summed E-state index contributed by atoms with van der Waals surface area (Å²) >= 11 is 0. The third-order valence-electron chi connectivity index (χ3n) is 8.46. The number of allylic oxidation sites excluding steroid dienone is 4. The van der Waals surface area contributed by atoms with Crippen molar-refractivity contribution < 1.29 is 42.9 Å². The van der Waals surface area contributed by atoms with Crippen LogP contribution in [0.2, 0.25) is 0 Å². The number of carbonyl (C=O) groups is 3. The fourth-order valence-electron chi connectivity index (χ4n) is 5.28. The quantitative estimate of drug-likeness (QED) is 0.0225. The smallest absolute Gasteiger partial charge is 0.361 e. The van der Waals surface area contributed by atoms with E-state index >= 15 is 0 Å². The zero-order chi connectivity index (χ0) is 37.1. The van der Waals surface area contributed by atoms with Crippen LogP contribution in [0.15, 0.2) is 24.3 Å². The second-order valence-electron chi connectivity index (χ2n) is 14.6. The van der Waals surface area contributed by atoms with Gasteiger partial charge >= 0.3 is 17.9 Å². The van der Waals surface area contributed by atoms with Gasteiger partial charge in [-0.3, -0.25) is 9.59 Å². The molecule has 50 heavy (non-hydrogen) atoms. The Balaban J connectivity index is 4.46. The molecule has 0 rings (SSSR count). The molecule has 9 nitrogen and oxygen atoms in total. The second-order valence-corrected chi connectivity index (χ2v) is 14.6. The summed E-state index contributed by atoms with van der Waals surface area (Å²) in [5.74, 6) is -2.02. The van der Waals surface area contributed by atoms with Crippen LogP contribution in [0.5, 0.6) is 0 Å². The van der Waals surface area contributed by atoms with Crippen LogP contribution in [0.1, 0.15) is 162 Å². The highest BCUT2D eigenvalue weighted by molar-refractivity contribution is 5.71. The first-order chi connectivity index (χ1) is 24.1. The van der Waals surface area contributed by atoms with Gasteiger partial charge in [-0.15, -0.1) is 0 Å². The summed E-state index contributed by atoms with van der Waals surface area (Å²) in [7, 11) is 5.94. The molecule has 2 atom stereocenters. The summed E-state index contributed by atoms with van der Waals surface area (Å²) in [4.78, 5) is 36.8. The van der Waals surface area contributed by atoms with Gasteiger partial charge in [0.15, 0.2) is 6.10 Å². The van der Waals surface area contributed by atoms with Gasteiger partial charge in [-0.1, -0.05) is 128 Å². The lowest BCUT2D eigenvalue weighted by Gasteiger charge is -2.25. The van der Waals surface area contributed by atoms with E-state index in [1.165, 1.54) is 77.0 Å². The normalized spacial score (nSPS) is 13.2. The van der Waals surface area contributed by atoms with Gasteiger partial charge in [-0.25, -0.2) is 4.79 Å². The Bertz CT molecular complexity index is 882. The van der Waals surface area contributed by atoms with Gasteiger partial charge in [0.25, 0.3) is 6.29 Å². The van der Waals surface area contributed by atoms with E-state index in [9.17, 15) is 19.5 Å². The van der Waals surface area contributed by atoms with Crippen LogP contribution in [0.4, 0.5) is 0 Å². The summed E-state index contributed by atoms with van der Waals surface area (Å²) in [6.45, 7) is 4.79. The maximum absolute atomic E-state index is 12.7. The maximum Gasteiger partial charge on any atom is 0.361 e. The molecule has 0 aromatic carbocycles. The molecule has 0 aromatic heterocycles. The Morgan fingerprint density at radius 2 is 1.08 bits per heavy atom. The van der Waals surface area contributed by atoms with E-state index in [1.807, 2.05) is 21.1 Å². The molecule has 0 aliphatic rings. The third-order valence-corrected chi connectivity index (χ3v) is 8.46. The fraction of sp³-hybridized carbons (Fsp3) is 0.829. The number of esters is 2. The first-order valence-corrected chi connectivity index (χ1v) is 20.0. The number of hydrogen-bond acceptors (Lipinski definition) is 7. The molecule has 0 bridgehead atoms. The summed E-state index contributed by atoms with van der Waals surface area (Å²) in [6, 6.07) is 0. The molecule has 0 aliphatic heterocycles. The van der Waals surface area contributed by atoms with Crippen molar-refractivity contribution in [3.63, 3.8) is 0 Å². The van der Waals surface area contributed by atoms with Gasteiger partial charge in [-0.05, 0) is 44.9 Å². The van der Waals surface area contributed by atoms with E-state index in [0.717, 1.165) is 51.4 Å². The third kappa shape index (κ3) is 34.2. The standard InChI is InChI=1S/C41H75NO8/c1-6-8-10-12-14-16-17-18-19-20-21-22-23-24-26-28-30-32-39(44)50-37(36-49-41(40(45)46)47-34-33-42(3,4)5)35-48-38(43)31-29-27-25-15-13-11-9-7-2/h14,16,18-19,37,41H,6-13,15,17,20-36H2,1-5H3/p+1/b16-14-,19-18-. The highest BCUT2D eigenvalue weighted by Crippen LogP contribution is 2.13. The predicted molar refractivity (Wildman–Crippen MR) is 203 cm³/mol. The van der Waals surface area contributed by atoms with Gasteiger partial charge in [0.1, 0.15) is 13.2 Å². The molecule has 2 unspecified atom stereocenters. The van der Waals surface area contributed by atoms with Crippen LogP contribution in [0.3, 0.4) is 0 Å². The van der Waals surface area contributed by atoms with Crippen LogP contribution < -0.4 is 0 Å². The average Bonchev–Trinajstić information content (AvgIpc) is 3.06. The zero-order valence-electron chi connectivity index (χ0n) is 32.8. The number of rotatable bonds is 36. The Labute approximate surface area is 306 Å². The van der Waals surface area contributed by atoms with Crippen molar-refractivity contribution in [3.05, 3.63) is 24.3 Å². The number of unbranched alkanes of at least 4 members (excludes halogenated alkanes) is 17. The monoisotopic (exact) mass is 711 g/mol. The molecular formula is C41H76NO8+. The van der Waals surface area contributed by atoms with E-state index in [4.69, 9.17) is 18.9 Å². The Morgan fingerprint density at radius 1 is 0.600 bits per heavy atom. The van der Waals surface area contributed by atoms with Crippen LogP contribution in [-0.2, 0) is 33.3 Å². The number of hydrogen-bond donors (Lipinski definition) is 1. The lowest BCUT2D eigenvalue weighted by molar-refractivity contribution is -0.870. The number of aliphatic carboxylic acids is 1. The lowest BCUT2D eigenvalue weighted by atomic mass is 10.1. The first kappa shape index (κ1) is 47.8. The van der Waals surface area contributed by atoms with Crippen molar-refractivity contribution in [1.29, 1.82) is 0 Å². The van der Waals surface area contributed by atoms with Crippen molar-refractivity contribution in [2.75, 3.05) is 47.5 Å². The van der Waals surface area contributed by atoms with E-state index in [0.29, 0.717) is 23.9 Å². The number of likely N-dealkylation sites (N-methyl/N-ethyl adjacent to an activating group) is 1. The highest BCUT2D eigenvalue weighted by Gasteiger charge is 2.25. The van der Waals surface area contributed by atoms with Crippen LogP contribution >= 0.6 is 0 Å². The topological polar surface area (TPSA) is 108 Å². The van der Waals surface area contributed by atoms with Gasteiger partial charge in [0.05, 0.1) is 34.4 Å². The number of quaternary nitrogens is 1. The summed E-state index contributed by atoms with van der Waals surface area (Å²) in [5, 5.41) is 9.58. The number of ether oxygens (including phenoxy) is 4. The molecule has 0 heterocycles. The van der Waals surface area contributed by atoms with Crippen molar-refractivity contribution in [2.45, 2.75) is 174 Å². The minimum atomic E-state index is -1.51. The first-order valence-electron chi connectivity index (χ1n) is 20.0. The molecule has 0 aliphatic carbocycles. The molecule has 0 radical (unpaired) electrons. The molecule has 0 spiro atoms. The number of carbonyl (C=O) groups excluding carboxylic acids is 2. The van der Waals surface area contributed by atoms with Gasteiger partial charge in [-0.2, -0.15) is 0 Å². The minimum absolute atomic E-state index is 0.183. The van der Waals surface area contributed by atoms with Crippen LogP contribution in [0.25, 0.3) is 0 Å². The highest BCUT2D eigenvalue weighted by atomic mass is 16.7. The number of nitrogens with zero attached hydrogens (tertiary/aromatic N) is 1. The van der Waals surface area contributed by atoms with Gasteiger partial charge < -0.3 is 28.5 Å². The second kappa shape index (κ2) is 33.9. The largest absolute Gasteiger partial charge is 0.477 e. The summed E-state index contributed by atoms with van der Waals surface area (Å²) < 4.78 is 22.6. The van der Waals surface area contributed by atoms with E-state index in [2.05, 4.69) is 38.2 Å². The van der Waals surface area contributed by atoms with E-state index in [-0.39, 0.29) is 32.2 Å². The molecule has 292 valence electrons. The molecule has 0 fully saturated rings. The van der Waals surface area contributed by atoms with Crippen molar-refractivity contribution in [3.8, 4) is 0 Å². The number of carboxylic acid groups (broad SMARTS) is 1. The van der Waals surface area contributed by atoms with Crippen LogP contribution in [0, 0.1) is 0 Å². The van der Waals surface area contributed by atoms with Crippen molar-refractivity contribution >= 4 is 17.9 Å². The molecule has 0 saturated carbocycles. The molecule has 0 aromatic rings. The van der Waals surface area contributed by atoms with Crippen LogP contribution in [-0.4, -0.2) is 87.4 Å². The molecular weight excluding hydrogens is 634 g/mol. The predicted octanol–water partition coefficient (Wildman–Crippen LogP) is 9.72. The average molecular weight is 711 g/mol. The van der Waals surface area contributed by atoms with Gasteiger partial charge in [0.2, 0.25) is 0 Å². The summed E-state index contributed by atoms with van der Waals surface area (Å²) in [5.41, 5.74) is 0. The Hall–Kier alpha value is -2.23. The zero-order valence-corrected chi connectivity index (χ0v) is 32.8. The molecule has 9 heteroatoms. The Kier molecular flexibility index (Phi) is 32.4. The van der Waals surface area contributed by atoms with Crippen molar-refractivity contribution in [2.24, 2.45) is 0 Å². The van der Waals surface area contributed by atoms with E-state index in [1.54, 1.807) is 0 Å². The van der Waals surface area contributed by atoms with Crippen molar-refractivity contribution in [1.82, 2.24) is 0 Å². The lowest BCUT2D eigenvalue weighted by Crippen LogP contribution is -2.40. The van der Waals surface area contributed by atoms with E-state index < -0.39 is 24.3 Å². The number of carboxylic acids is 1. The summed E-state index contributed by atoms with van der Waals surface area (Å²) in [6.07, 6.45) is 31.0.